The molecule has 1 atom stereocenters. The average Bonchev–Trinajstić information content (AvgIpc) is 3.01. The maximum absolute atomic E-state index is 12.3. The number of aryl methyl sites for hydroxylation is 2. The Labute approximate surface area is 168 Å². The second kappa shape index (κ2) is 8.44. The highest BCUT2D eigenvalue weighted by atomic mass is 35.5. The predicted molar refractivity (Wildman–Crippen MR) is 107 cm³/mol. The second-order valence-electron chi connectivity index (χ2n) is 6.92. The number of rotatable bonds is 5. The third-order valence-electron chi connectivity index (χ3n) is 4.43. The molecule has 146 valence electrons. The summed E-state index contributed by atoms with van der Waals surface area (Å²) >= 11 is 5.87. The third kappa shape index (κ3) is 4.89. The highest BCUT2D eigenvalue weighted by Gasteiger charge is 2.36. The Balaban J connectivity index is 1.55. The number of carbonyl (C=O) groups excluding carboxylic acids is 3. The van der Waals surface area contributed by atoms with Crippen LogP contribution in [0.25, 0.3) is 0 Å². The summed E-state index contributed by atoms with van der Waals surface area (Å²) in [6, 6.07) is 12.5. The Morgan fingerprint density at radius 2 is 1.89 bits per heavy atom. The lowest BCUT2D eigenvalue weighted by atomic mass is 10.1. The quantitative estimate of drug-likeness (QED) is 0.779. The smallest absolute Gasteiger partial charge is 0.311 e. The molecule has 0 radical (unpaired) electrons. The molecule has 1 fully saturated rings. The summed E-state index contributed by atoms with van der Waals surface area (Å²) in [6.45, 7) is 3.75. The first-order valence-electron chi connectivity index (χ1n) is 8.92. The van der Waals surface area contributed by atoms with Gasteiger partial charge in [0.15, 0.2) is 6.61 Å². The van der Waals surface area contributed by atoms with Gasteiger partial charge in [-0.3, -0.25) is 14.4 Å². The number of esters is 1. The number of hydrogen-bond acceptors (Lipinski definition) is 4. The number of benzene rings is 2. The molecule has 1 heterocycles. The maximum Gasteiger partial charge on any atom is 0.311 e. The molecule has 3 rings (SSSR count). The van der Waals surface area contributed by atoms with E-state index in [0.29, 0.717) is 10.7 Å². The van der Waals surface area contributed by atoms with E-state index < -0.39 is 24.4 Å². The van der Waals surface area contributed by atoms with Crippen LogP contribution in [-0.2, 0) is 19.1 Å². The average molecular weight is 401 g/mol. The molecule has 2 aromatic carbocycles. The molecule has 28 heavy (non-hydrogen) atoms. The summed E-state index contributed by atoms with van der Waals surface area (Å²) in [5.41, 5.74) is 3.39. The molecule has 0 saturated carbocycles. The Morgan fingerprint density at radius 3 is 2.57 bits per heavy atom. The lowest BCUT2D eigenvalue weighted by Crippen LogP contribution is -2.28. The number of amides is 2. The normalized spacial score (nSPS) is 16.2. The van der Waals surface area contributed by atoms with Gasteiger partial charge in [0.1, 0.15) is 0 Å². The molecule has 1 aliphatic rings. The summed E-state index contributed by atoms with van der Waals surface area (Å²) in [7, 11) is 0. The fourth-order valence-electron chi connectivity index (χ4n) is 3.24. The monoisotopic (exact) mass is 400 g/mol. The van der Waals surface area contributed by atoms with Crippen LogP contribution in [0.15, 0.2) is 42.5 Å². The fourth-order valence-corrected chi connectivity index (χ4v) is 3.43. The zero-order valence-corrected chi connectivity index (χ0v) is 16.5. The Morgan fingerprint density at radius 1 is 1.18 bits per heavy atom. The zero-order chi connectivity index (χ0) is 20.3. The van der Waals surface area contributed by atoms with Crippen LogP contribution in [0.5, 0.6) is 0 Å². The van der Waals surface area contributed by atoms with Gasteiger partial charge in [0, 0.05) is 29.4 Å². The predicted octanol–water partition coefficient (Wildman–Crippen LogP) is 3.49. The van der Waals surface area contributed by atoms with E-state index in [1.54, 1.807) is 29.2 Å². The second-order valence-corrected chi connectivity index (χ2v) is 7.35. The number of halogens is 1. The van der Waals surface area contributed by atoms with Gasteiger partial charge in [-0.25, -0.2) is 0 Å². The number of nitrogens with zero attached hydrogens (tertiary/aromatic N) is 1. The summed E-state index contributed by atoms with van der Waals surface area (Å²) in [5, 5.41) is 3.10. The summed E-state index contributed by atoms with van der Waals surface area (Å²) in [5.74, 6) is -1.74. The van der Waals surface area contributed by atoms with Crippen molar-refractivity contribution in [3.8, 4) is 0 Å². The first-order valence-corrected chi connectivity index (χ1v) is 9.30. The Bertz CT molecular complexity index is 908. The molecular weight excluding hydrogens is 380 g/mol. The van der Waals surface area contributed by atoms with Crippen molar-refractivity contribution in [2.45, 2.75) is 20.3 Å². The van der Waals surface area contributed by atoms with Crippen molar-refractivity contribution < 1.29 is 19.1 Å². The molecule has 6 nitrogen and oxygen atoms in total. The van der Waals surface area contributed by atoms with Crippen molar-refractivity contribution in [2.75, 3.05) is 23.4 Å². The minimum Gasteiger partial charge on any atom is -0.455 e. The van der Waals surface area contributed by atoms with Crippen molar-refractivity contribution in [2.24, 2.45) is 5.92 Å². The largest absolute Gasteiger partial charge is 0.455 e. The molecule has 1 saturated heterocycles. The molecule has 0 bridgehead atoms. The molecule has 1 N–H and O–H groups in total. The molecule has 0 unspecified atom stereocenters. The van der Waals surface area contributed by atoms with Crippen molar-refractivity contribution in [1.29, 1.82) is 0 Å². The van der Waals surface area contributed by atoms with E-state index in [-0.39, 0.29) is 18.9 Å². The van der Waals surface area contributed by atoms with Gasteiger partial charge in [-0.1, -0.05) is 23.7 Å². The van der Waals surface area contributed by atoms with Crippen LogP contribution in [0.2, 0.25) is 5.02 Å². The SMILES string of the molecule is Cc1cc(C)cc(N2C[C@@H](C(=O)OCC(=O)Nc3cccc(Cl)c3)CC2=O)c1. The molecule has 0 aliphatic carbocycles. The minimum atomic E-state index is -0.590. The molecular formula is C21H21ClN2O4. The first-order chi connectivity index (χ1) is 13.3. The highest BCUT2D eigenvalue weighted by Crippen LogP contribution is 2.27. The van der Waals surface area contributed by atoms with Gasteiger partial charge in [0.2, 0.25) is 5.91 Å². The Kier molecular flexibility index (Phi) is 5.99. The molecule has 2 aromatic rings. The van der Waals surface area contributed by atoms with Crippen LogP contribution >= 0.6 is 11.6 Å². The summed E-state index contributed by atoms with van der Waals surface area (Å²) < 4.78 is 5.11. The van der Waals surface area contributed by atoms with E-state index in [2.05, 4.69) is 5.32 Å². The molecule has 0 spiro atoms. The maximum atomic E-state index is 12.3. The lowest BCUT2D eigenvalue weighted by molar-refractivity contribution is -0.151. The molecule has 2 amide bonds. The van der Waals surface area contributed by atoms with Gasteiger partial charge in [0.25, 0.3) is 5.91 Å². The van der Waals surface area contributed by atoms with Gasteiger partial charge in [-0.15, -0.1) is 0 Å². The van der Waals surface area contributed by atoms with Gasteiger partial charge >= 0.3 is 5.97 Å². The van der Waals surface area contributed by atoms with E-state index in [1.165, 1.54) is 0 Å². The van der Waals surface area contributed by atoms with E-state index in [9.17, 15) is 14.4 Å². The molecule has 0 aromatic heterocycles. The number of nitrogens with one attached hydrogen (secondary N) is 1. The Hall–Kier alpha value is -2.86. The van der Waals surface area contributed by atoms with Crippen molar-refractivity contribution >= 4 is 40.8 Å². The van der Waals surface area contributed by atoms with Gasteiger partial charge in [0.05, 0.1) is 5.92 Å². The number of hydrogen-bond donors (Lipinski definition) is 1. The van der Waals surface area contributed by atoms with E-state index in [0.717, 1.165) is 16.8 Å². The van der Waals surface area contributed by atoms with Gasteiger partial charge in [-0.05, 0) is 55.3 Å². The van der Waals surface area contributed by atoms with Crippen LogP contribution in [0, 0.1) is 19.8 Å². The number of ether oxygens (including phenoxy) is 1. The topological polar surface area (TPSA) is 75.7 Å². The van der Waals surface area contributed by atoms with Crippen LogP contribution in [0.4, 0.5) is 11.4 Å². The highest BCUT2D eigenvalue weighted by molar-refractivity contribution is 6.30. The van der Waals surface area contributed by atoms with E-state index >= 15 is 0 Å². The van der Waals surface area contributed by atoms with E-state index in [1.807, 2.05) is 32.0 Å². The summed E-state index contributed by atoms with van der Waals surface area (Å²) in [6.07, 6.45) is 0.0712. The lowest BCUT2D eigenvalue weighted by Gasteiger charge is -2.18. The van der Waals surface area contributed by atoms with Crippen LogP contribution in [0.3, 0.4) is 0 Å². The first kappa shape index (κ1) is 19.9. The standard InChI is InChI=1S/C21H21ClN2O4/c1-13-6-14(2)8-18(7-13)24-11-15(9-20(24)26)21(27)28-12-19(25)23-17-5-3-4-16(22)10-17/h3-8,10,15H,9,11-12H2,1-2H3,(H,23,25)/t15-/m0/s1. The summed E-state index contributed by atoms with van der Waals surface area (Å²) in [4.78, 5) is 38.2. The minimum absolute atomic E-state index is 0.0712. The zero-order valence-electron chi connectivity index (χ0n) is 15.7. The third-order valence-corrected chi connectivity index (χ3v) is 4.67. The fraction of sp³-hybridized carbons (Fsp3) is 0.286. The van der Waals surface area contributed by atoms with Crippen LogP contribution in [-0.4, -0.2) is 30.9 Å². The van der Waals surface area contributed by atoms with Crippen LogP contribution in [0.1, 0.15) is 17.5 Å². The molecule has 1 aliphatic heterocycles. The van der Waals surface area contributed by atoms with Crippen LogP contribution < -0.4 is 10.2 Å². The van der Waals surface area contributed by atoms with Crippen molar-refractivity contribution in [3.63, 3.8) is 0 Å². The molecule has 7 heteroatoms. The number of carbonyl (C=O) groups is 3. The van der Waals surface area contributed by atoms with Gasteiger partial charge in [-0.2, -0.15) is 0 Å². The van der Waals surface area contributed by atoms with Gasteiger partial charge < -0.3 is 15.0 Å². The van der Waals surface area contributed by atoms with Crippen molar-refractivity contribution in [3.05, 3.63) is 58.6 Å². The van der Waals surface area contributed by atoms with Crippen molar-refractivity contribution in [1.82, 2.24) is 0 Å². The number of anilines is 2. The van der Waals surface area contributed by atoms with E-state index in [4.69, 9.17) is 16.3 Å².